The largest absolute Gasteiger partial charge is 0.459 e. The third-order valence-electron chi connectivity index (χ3n) is 6.19. The van der Waals surface area contributed by atoms with E-state index in [-0.39, 0.29) is 17.8 Å². The topological polar surface area (TPSA) is 82.2 Å². The number of carbonyl (C=O) groups is 3. The molecule has 0 N–H and O–H groups in total. The number of esters is 2. The van der Waals surface area contributed by atoms with E-state index in [0.29, 0.717) is 17.6 Å². The van der Waals surface area contributed by atoms with Crippen molar-refractivity contribution >= 4 is 17.7 Å². The van der Waals surface area contributed by atoms with Crippen LogP contribution in [0.5, 0.6) is 0 Å². The Bertz CT molecular complexity index is 818. The zero-order chi connectivity index (χ0) is 19.0. The molecule has 0 spiro atoms. The van der Waals surface area contributed by atoms with Crippen LogP contribution in [0.25, 0.3) is 0 Å². The molecule has 6 atom stereocenters. The summed E-state index contributed by atoms with van der Waals surface area (Å²) in [4.78, 5) is 37.2. The van der Waals surface area contributed by atoms with E-state index in [2.05, 4.69) is 6.58 Å². The van der Waals surface area contributed by atoms with E-state index in [1.807, 2.05) is 20.8 Å². The van der Waals surface area contributed by atoms with E-state index < -0.39 is 35.7 Å². The first kappa shape index (κ1) is 17.2. The van der Waals surface area contributed by atoms with E-state index in [4.69, 9.17) is 14.2 Å². The highest BCUT2D eigenvalue weighted by atomic mass is 16.7. The molecule has 2 aliphatic carbocycles. The normalized spacial score (nSPS) is 41.3. The van der Waals surface area contributed by atoms with Crippen molar-refractivity contribution < 1.29 is 28.6 Å². The molecule has 2 heterocycles. The quantitative estimate of drug-likeness (QED) is 0.427. The van der Waals surface area contributed by atoms with Crippen LogP contribution >= 0.6 is 0 Å². The van der Waals surface area contributed by atoms with Gasteiger partial charge in [-0.3, -0.25) is 4.79 Å². The lowest BCUT2D eigenvalue weighted by Crippen LogP contribution is -2.38. The number of rotatable bonds is 2. The fourth-order valence-electron chi connectivity index (χ4n) is 4.43. The van der Waals surface area contributed by atoms with Crippen LogP contribution in [-0.4, -0.2) is 41.6 Å². The number of carbonyl (C=O) groups excluding carboxylic acids is 3. The Morgan fingerprint density at radius 1 is 1.35 bits per heavy atom. The predicted octanol–water partition coefficient (Wildman–Crippen LogP) is 2.04. The Balaban J connectivity index is 1.72. The van der Waals surface area contributed by atoms with Crippen molar-refractivity contribution in [3.05, 3.63) is 34.9 Å². The molecule has 2 saturated heterocycles. The number of hydrogen-bond acceptors (Lipinski definition) is 6. The van der Waals surface area contributed by atoms with Crippen molar-refractivity contribution in [1.29, 1.82) is 0 Å². The molecular weight excluding hydrogens is 336 g/mol. The molecule has 0 amide bonds. The summed E-state index contributed by atoms with van der Waals surface area (Å²) in [5, 5.41) is 0. The molecule has 0 aromatic carbocycles. The van der Waals surface area contributed by atoms with Gasteiger partial charge < -0.3 is 14.2 Å². The lowest BCUT2D eigenvalue weighted by molar-refractivity contribution is -0.158. The van der Waals surface area contributed by atoms with E-state index in [1.54, 1.807) is 13.0 Å². The van der Waals surface area contributed by atoms with Crippen LogP contribution in [0.2, 0.25) is 0 Å². The van der Waals surface area contributed by atoms with Crippen molar-refractivity contribution in [1.82, 2.24) is 0 Å². The van der Waals surface area contributed by atoms with E-state index in [0.717, 1.165) is 11.1 Å². The molecule has 4 aliphatic rings. The van der Waals surface area contributed by atoms with Gasteiger partial charge in [0.1, 0.15) is 12.2 Å². The van der Waals surface area contributed by atoms with Crippen LogP contribution in [0.15, 0.2) is 34.9 Å². The highest BCUT2D eigenvalue weighted by Crippen LogP contribution is 2.49. The third-order valence-corrected chi connectivity index (χ3v) is 6.19. The fourth-order valence-corrected chi connectivity index (χ4v) is 4.43. The predicted molar refractivity (Wildman–Crippen MR) is 90.9 cm³/mol. The van der Waals surface area contributed by atoms with Crippen LogP contribution in [-0.2, 0) is 28.6 Å². The fraction of sp³-hybridized carbons (Fsp3) is 0.550. The van der Waals surface area contributed by atoms with Crippen LogP contribution in [0.1, 0.15) is 34.1 Å². The summed E-state index contributed by atoms with van der Waals surface area (Å²) < 4.78 is 16.7. The van der Waals surface area contributed by atoms with Gasteiger partial charge in [0.25, 0.3) is 0 Å². The molecule has 2 fully saturated rings. The summed E-state index contributed by atoms with van der Waals surface area (Å²) in [6.45, 7) is 11.1. The maximum absolute atomic E-state index is 12.6. The van der Waals surface area contributed by atoms with Gasteiger partial charge in [-0.1, -0.05) is 17.7 Å². The molecular formula is C20H22O6. The number of fused-ring (bicyclic) bond motifs is 3. The molecule has 0 bridgehead atoms. The lowest BCUT2D eigenvalue weighted by Gasteiger charge is -2.28. The van der Waals surface area contributed by atoms with Gasteiger partial charge in [0.05, 0.1) is 12.0 Å². The van der Waals surface area contributed by atoms with Gasteiger partial charge in [-0.25, -0.2) is 9.59 Å². The Morgan fingerprint density at radius 2 is 2.00 bits per heavy atom. The number of ketones is 1. The molecule has 6 heteroatoms. The van der Waals surface area contributed by atoms with Gasteiger partial charge in [0.2, 0.25) is 0 Å². The summed E-state index contributed by atoms with van der Waals surface area (Å²) in [6.07, 6.45) is 0.576. The Hall–Kier alpha value is -2.21. The molecule has 0 saturated carbocycles. The second kappa shape index (κ2) is 5.39. The lowest BCUT2D eigenvalue weighted by atomic mass is 9.82. The molecule has 4 rings (SSSR count). The van der Waals surface area contributed by atoms with E-state index in [1.165, 1.54) is 0 Å². The van der Waals surface area contributed by atoms with Gasteiger partial charge in [0.15, 0.2) is 11.4 Å². The van der Waals surface area contributed by atoms with Gasteiger partial charge in [0, 0.05) is 23.5 Å². The zero-order valence-corrected chi connectivity index (χ0v) is 15.3. The summed E-state index contributed by atoms with van der Waals surface area (Å²) in [6, 6.07) is 0. The molecule has 138 valence electrons. The smallest absolute Gasteiger partial charge is 0.341 e. The number of hydrogen-bond donors (Lipinski definition) is 0. The average molecular weight is 358 g/mol. The Morgan fingerprint density at radius 3 is 2.62 bits per heavy atom. The minimum absolute atomic E-state index is 0.0598. The van der Waals surface area contributed by atoms with Crippen molar-refractivity contribution in [2.24, 2.45) is 11.8 Å². The van der Waals surface area contributed by atoms with Gasteiger partial charge >= 0.3 is 11.9 Å². The first-order valence-corrected chi connectivity index (χ1v) is 8.86. The Labute approximate surface area is 151 Å². The van der Waals surface area contributed by atoms with Crippen LogP contribution in [0.3, 0.4) is 0 Å². The van der Waals surface area contributed by atoms with Crippen molar-refractivity contribution in [3.63, 3.8) is 0 Å². The second-order valence-electron chi connectivity index (χ2n) is 7.86. The molecule has 0 unspecified atom stereocenters. The molecule has 26 heavy (non-hydrogen) atoms. The zero-order valence-electron chi connectivity index (χ0n) is 15.3. The minimum Gasteiger partial charge on any atom is -0.459 e. The Kier molecular flexibility index (Phi) is 3.57. The third kappa shape index (κ3) is 2.24. The standard InChI is InChI=1S/C20H22O6/c1-8-6-12(21)14-9(2)7-13(24-19(23)20(5)11(4)26-20)16-10(3)18(22)25-17(16)15(8)14/h6,11,13,15-17H,3,7H2,1-2,4-5H3/t11-,13-,15+,16-,17-,20+/m1/s1. The van der Waals surface area contributed by atoms with Crippen LogP contribution in [0.4, 0.5) is 0 Å². The van der Waals surface area contributed by atoms with Gasteiger partial charge in [-0.15, -0.1) is 0 Å². The second-order valence-corrected chi connectivity index (χ2v) is 7.86. The van der Waals surface area contributed by atoms with Crippen molar-refractivity contribution in [2.75, 3.05) is 0 Å². The summed E-state index contributed by atoms with van der Waals surface area (Å²) in [5.41, 5.74) is 1.72. The molecule has 6 nitrogen and oxygen atoms in total. The van der Waals surface area contributed by atoms with Crippen LogP contribution in [0, 0.1) is 11.8 Å². The first-order valence-electron chi connectivity index (χ1n) is 8.86. The number of allylic oxidation sites excluding steroid dienone is 1. The average Bonchev–Trinajstić information content (AvgIpc) is 2.95. The highest BCUT2D eigenvalue weighted by Gasteiger charge is 2.59. The monoisotopic (exact) mass is 358 g/mol. The van der Waals surface area contributed by atoms with E-state index in [9.17, 15) is 14.4 Å². The summed E-state index contributed by atoms with van der Waals surface area (Å²) in [7, 11) is 0. The SMILES string of the molecule is C=C1C(=O)O[C@@H]2[C@H]3C(C)=CC(=O)C3=C(C)C[C@@H](OC(=O)[C@@]3(C)O[C@@H]3C)[C@@H]12. The van der Waals surface area contributed by atoms with Gasteiger partial charge in [-0.2, -0.15) is 0 Å². The minimum atomic E-state index is -0.949. The van der Waals surface area contributed by atoms with Crippen molar-refractivity contribution in [2.45, 2.75) is 58.0 Å². The number of ether oxygens (including phenoxy) is 3. The first-order chi connectivity index (χ1) is 12.1. The van der Waals surface area contributed by atoms with Crippen molar-refractivity contribution in [3.8, 4) is 0 Å². The molecule has 0 radical (unpaired) electrons. The summed E-state index contributed by atoms with van der Waals surface area (Å²) in [5.74, 6) is -1.78. The maximum Gasteiger partial charge on any atom is 0.341 e. The highest BCUT2D eigenvalue weighted by molar-refractivity contribution is 6.09. The molecule has 0 aromatic rings. The molecule has 2 aliphatic heterocycles. The molecule has 0 aromatic heterocycles. The summed E-state index contributed by atoms with van der Waals surface area (Å²) >= 11 is 0. The number of epoxide rings is 1. The van der Waals surface area contributed by atoms with E-state index >= 15 is 0 Å². The van der Waals surface area contributed by atoms with Gasteiger partial charge in [-0.05, 0) is 33.8 Å². The maximum atomic E-state index is 12.6. The van der Waals surface area contributed by atoms with Crippen LogP contribution < -0.4 is 0 Å².